The molecule has 40 heavy (non-hydrogen) atoms. The molecule has 3 N–H and O–H groups in total. The Morgan fingerprint density at radius 3 is 2.33 bits per heavy atom. The number of piperidine rings is 1. The van der Waals surface area contributed by atoms with Gasteiger partial charge >= 0.3 is 0 Å². The molecule has 218 valence electrons. The van der Waals surface area contributed by atoms with Gasteiger partial charge in [-0.05, 0) is 68.1 Å². The quantitative estimate of drug-likeness (QED) is 0.390. The lowest BCUT2D eigenvalue weighted by molar-refractivity contribution is -0.00235. The van der Waals surface area contributed by atoms with Gasteiger partial charge in [0.2, 0.25) is 0 Å². The number of benzene rings is 1. The van der Waals surface area contributed by atoms with Gasteiger partial charge in [0, 0.05) is 49.9 Å². The van der Waals surface area contributed by atoms with Crippen LogP contribution in [0.3, 0.4) is 0 Å². The van der Waals surface area contributed by atoms with Crippen LogP contribution in [-0.2, 0) is 21.5 Å². The molecule has 7 atom stereocenters. The fraction of sp³-hybridized carbons (Fsp3) is 0.679. The normalized spacial score (nSPS) is 33.8. The van der Waals surface area contributed by atoms with E-state index < -0.39 is 16.4 Å². The van der Waals surface area contributed by atoms with Gasteiger partial charge < -0.3 is 19.7 Å². The van der Waals surface area contributed by atoms with Gasteiger partial charge in [-0.25, -0.2) is 4.39 Å². The number of aliphatic hydroxyl groups excluding tert-OH is 1. The summed E-state index contributed by atoms with van der Waals surface area (Å²) >= 11 is 0. The number of ether oxygens (including phenoxy) is 1. The van der Waals surface area contributed by atoms with Crippen molar-refractivity contribution in [3.05, 3.63) is 53.2 Å². The van der Waals surface area contributed by atoms with E-state index >= 15 is 0 Å². The van der Waals surface area contributed by atoms with E-state index in [4.69, 9.17) is 9.26 Å². The minimum Gasteiger partial charge on any atom is -0.380 e. The molecule has 1 aliphatic carbocycles. The van der Waals surface area contributed by atoms with E-state index in [1.165, 1.54) is 12.1 Å². The second-order valence-corrected chi connectivity index (χ2v) is 14.2. The number of rotatable bonds is 9. The van der Waals surface area contributed by atoms with E-state index in [1.54, 1.807) is 26.8 Å². The zero-order valence-corrected chi connectivity index (χ0v) is 23.3. The second kappa shape index (κ2) is 10.7. The van der Waals surface area contributed by atoms with Crippen LogP contribution in [0, 0.1) is 17.7 Å². The van der Waals surface area contributed by atoms with Gasteiger partial charge in [-0.2, -0.15) is 17.0 Å². The first-order chi connectivity index (χ1) is 19.3. The number of nitrogens with zero attached hydrogens (tertiary/aromatic N) is 3. The van der Waals surface area contributed by atoms with Crippen LogP contribution in [0.4, 0.5) is 4.39 Å². The zero-order chi connectivity index (χ0) is 27.4. The Morgan fingerprint density at radius 2 is 1.70 bits per heavy atom. The van der Waals surface area contributed by atoms with Crippen LogP contribution in [0.25, 0.3) is 0 Å². The van der Waals surface area contributed by atoms with Crippen LogP contribution in [0.1, 0.15) is 67.7 Å². The molecule has 7 rings (SSSR count). The van der Waals surface area contributed by atoms with Gasteiger partial charge in [-0.15, -0.1) is 0 Å². The van der Waals surface area contributed by atoms with Crippen LogP contribution < -0.4 is 10.6 Å². The molecule has 5 aliphatic rings. The molecule has 4 aliphatic heterocycles. The minimum atomic E-state index is -3.54. The highest BCUT2D eigenvalue weighted by molar-refractivity contribution is 7.86. The lowest BCUT2D eigenvalue weighted by Crippen LogP contribution is -2.55. The number of fused-ring (bicyclic) bond motifs is 3. The largest absolute Gasteiger partial charge is 0.380 e. The molecule has 5 heterocycles. The standard InChI is InChI=1S/C28H38FN5O5S/c29-21-3-1-17(2-4-21)12-30-22-7-18-13-33(14-19(18)8-22)40(36,37)34-24-5-6-25(34)10-23(9-24)31-28(35)26-11-27(39-32-26)20-15-38-16-20/h1-4,11,18-20,22-25,28,30-31,35H,5-10,12-16H2/t18-,19+,22?,23?,24-,25?,28?/m1/s1. The SMILES string of the molecule is O=S(=O)(N1C[C@H]2CC(NCc3ccc(F)cc3)C[C@H]2C1)N1C2CC[C@@H]1CC(NC(O)c1cc(C3COC3)on1)C2. The molecule has 12 heteroatoms. The molecular weight excluding hydrogens is 537 g/mol. The van der Waals surface area contributed by atoms with Crippen molar-refractivity contribution in [1.29, 1.82) is 0 Å². The summed E-state index contributed by atoms with van der Waals surface area (Å²) in [7, 11) is -3.54. The predicted molar refractivity (Wildman–Crippen MR) is 144 cm³/mol. The van der Waals surface area contributed by atoms with Gasteiger partial charge in [0.05, 0.1) is 19.1 Å². The Hall–Kier alpha value is -1.93. The Bertz CT molecular complexity index is 1280. The highest BCUT2D eigenvalue weighted by atomic mass is 32.2. The summed E-state index contributed by atoms with van der Waals surface area (Å²) in [6.07, 6.45) is 4.02. The fourth-order valence-electron chi connectivity index (χ4n) is 7.59. The van der Waals surface area contributed by atoms with Crippen LogP contribution >= 0.6 is 0 Å². The van der Waals surface area contributed by atoms with Crippen LogP contribution in [-0.4, -0.2) is 77.8 Å². The molecule has 0 amide bonds. The van der Waals surface area contributed by atoms with Crippen LogP contribution in [0.15, 0.2) is 34.9 Å². The molecule has 1 aromatic carbocycles. The maximum atomic E-state index is 13.9. The maximum Gasteiger partial charge on any atom is 0.282 e. The molecule has 1 aromatic heterocycles. The summed E-state index contributed by atoms with van der Waals surface area (Å²) in [4.78, 5) is 0. The highest BCUT2D eigenvalue weighted by Gasteiger charge is 2.52. The van der Waals surface area contributed by atoms with Crippen molar-refractivity contribution >= 4 is 10.2 Å². The Balaban J connectivity index is 0.921. The van der Waals surface area contributed by atoms with E-state index in [1.807, 2.05) is 0 Å². The summed E-state index contributed by atoms with van der Waals surface area (Å²) < 4.78 is 55.0. The molecule has 4 unspecified atom stereocenters. The second-order valence-electron chi connectivity index (χ2n) is 12.4. The Labute approximate surface area is 234 Å². The molecule has 1 saturated carbocycles. The summed E-state index contributed by atoms with van der Waals surface area (Å²) in [5.41, 5.74) is 1.51. The number of hydrogen-bond acceptors (Lipinski definition) is 8. The number of hydrogen-bond donors (Lipinski definition) is 3. The monoisotopic (exact) mass is 575 g/mol. The van der Waals surface area contributed by atoms with E-state index in [9.17, 15) is 17.9 Å². The zero-order valence-electron chi connectivity index (χ0n) is 22.5. The Morgan fingerprint density at radius 1 is 1.02 bits per heavy atom. The van der Waals surface area contributed by atoms with Gasteiger partial charge in [0.15, 0.2) is 6.23 Å². The van der Waals surface area contributed by atoms with E-state index in [0.717, 1.165) is 37.0 Å². The van der Waals surface area contributed by atoms with Gasteiger partial charge in [0.1, 0.15) is 17.3 Å². The maximum absolute atomic E-state index is 13.9. The number of nitrogens with one attached hydrogen (secondary N) is 2. The third kappa shape index (κ3) is 5.12. The van der Waals surface area contributed by atoms with Crippen molar-refractivity contribution in [2.45, 2.75) is 81.4 Å². The first-order valence-corrected chi connectivity index (χ1v) is 16.0. The van der Waals surface area contributed by atoms with Crippen molar-refractivity contribution in [1.82, 2.24) is 24.4 Å². The molecule has 10 nitrogen and oxygen atoms in total. The first kappa shape index (κ1) is 26.9. The summed E-state index contributed by atoms with van der Waals surface area (Å²) in [5, 5.41) is 21.6. The predicted octanol–water partition coefficient (Wildman–Crippen LogP) is 2.25. The van der Waals surface area contributed by atoms with Gasteiger partial charge in [0.25, 0.3) is 10.2 Å². The summed E-state index contributed by atoms with van der Waals surface area (Å²) in [6.45, 7) is 3.09. The van der Waals surface area contributed by atoms with Crippen molar-refractivity contribution in [2.75, 3.05) is 26.3 Å². The lowest BCUT2D eigenvalue weighted by atomic mass is 9.99. The van der Waals surface area contributed by atoms with E-state index in [2.05, 4.69) is 15.8 Å². The number of aromatic nitrogens is 1. The number of halogens is 1. The molecule has 4 saturated heterocycles. The van der Waals surface area contributed by atoms with Gasteiger partial charge in [-0.3, -0.25) is 5.32 Å². The molecule has 5 fully saturated rings. The molecule has 2 aromatic rings. The summed E-state index contributed by atoms with van der Waals surface area (Å²) in [6, 6.07) is 8.61. The average molecular weight is 576 g/mol. The lowest BCUT2D eigenvalue weighted by Gasteiger charge is -2.40. The third-order valence-electron chi connectivity index (χ3n) is 9.75. The van der Waals surface area contributed by atoms with Crippen LogP contribution in [0.5, 0.6) is 0 Å². The molecule has 2 bridgehead atoms. The topological polar surface area (TPSA) is 120 Å². The third-order valence-corrected chi connectivity index (χ3v) is 11.8. The Kier molecular flexibility index (Phi) is 7.22. The van der Waals surface area contributed by atoms with Crippen LogP contribution in [0.2, 0.25) is 0 Å². The summed E-state index contributed by atoms with van der Waals surface area (Å²) in [5.74, 6) is 1.44. The van der Waals surface area contributed by atoms with Gasteiger partial charge in [-0.1, -0.05) is 17.3 Å². The van der Waals surface area contributed by atoms with Crippen molar-refractivity contribution in [3.8, 4) is 0 Å². The van der Waals surface area contributed by atoms with Crippen molar-refractivity contribution in [3.63, 3.8) is 0 Å². The van der Waals surface area contributed by atoms with Crippen molar-refractivity contribution < 1.29 is 27.2 Å². The first-order valence-electron chi connectivity index (χ1n) is 14.6. The smallest absolute Gasteiger partial charge is 0.282 e. The van der Waals surface area contributed by atoms with E-state index in [0.29, 0.717) is 69.3 Å². The van der Waals surface area contributed by atoms with E-state index in [-0.39, 0.29) is 29.9 Å². The van der Waals surface area contributed by atoms with Crippen molar-refractivity contribution in [2.24, 2.45) is 11.8 Å². The fourth-order valence-corrected chi connectivity index (χ4v) is 9.75. The molecule has 0 spiro atoms. The number of aliphatic hydroxyl groups is 1. The highest BCUT2D eigenvalue weighted by Crippen LogP contribution is 2.44. The average Bonchev–Trinajstić information content (AvgIpc) is 3.66. The molecule has 0 radical (unpaired) electrons. The minimum absolute atomic E-state index is 0.0111. The molecular formula is C28H38FN5O5S.